The molecule has 0 aliphatic rings. The molecule has 0 saturated heterocycles. The minimum Gasteiger partial charge on any atom is -1.00 e. The summed E-state index contributed by atoms with van der Waals surface area (Å²) >= 11 is 0. The van der Waals surface area contributed by atoms with Crippen LogP contribution in [-0.2, 0) is 6.54 Å². The first-order valence-electron chi connectivity index (χ1n) is 9.19. The summed E-state index contributed by atoms with van der Waals surface area (Å²) in [5.41, 5.74) is 1.59. The molecule has 0 fully saturated rings. The first-order chi connectivity index (χ1) is 13.1. The zero-order valence-electron chi connectivity index (χ0n) is 16.1. The maximum Gasteiger partial charge on any atom is 0.261 e. The number of para-hydroxylation sites is 1. The number of rotatable bonds is 8. The highest BCUT2D eigenvalue weighted by atomic mass is 35.5. The van der Waals surface area contributed by atoms with Crippen LogP contribution in [0.4, 0.5) is 0 Å². The summed E-state index contributed by atoms with van der Waals surface area (Å²) in [7, 11) is 1.62. The highest BCUT2D eigenvalue weighted by Crippen LogP contribution is 2.18. The number of hydrogen-bond acceptors (Lipinski definition) is 4. The number of nitrogens with zero attached hydrogens (tertiary/aromatic N) is 2. The second-order valence-electron chi connectivity index (χ2n) is 6.72. The zero-order chi connectivity index (χ0) is 19.2. The quantitative estimate of drug-likeness (QED) is 0.448. The van der Waals surface area contributed by atoms with E-state index in [9.17, 15) is 9.90 Å². The van der Waals surface area contributed by atoms with Gasteiger partial charge < -0.3 is 27.6 Å². The van der Waals surface area contributed by atoms with Crippen LogP contribution in [0, 0.1) is 0 Å². The lowest BCUT2D eigenvalue weighted by atomic mass is 10.0. The van der Waals surface area contributed by atoms with Crippen molar-refractivity contribution in [1.82, 2.24) is 9.55 Å². The molecule has 2 aromatic carbocycles. The Bertz CT molecular complexity index is 944. The summed E-state index contributed by atoms with van der Waals surface area (Å²) in [5, 5.41) is 13.2. The monoisotopic (exact) mass is 403 g/mol. The number of ether oxygens (including phenoxy) is 1. The van der Waals surface area contributed by atoms with Gasteiger partial charge in [-0.25, -0.2) is 4.98 Å². The summed E-state index contributed by atoms with van der Waals surface area (Å²) in [6.45, 7) is 3.42. The van der Waals surface area contributed by atoms with Gasteiger partial charge in [0.2, 0.25) is 0 Å². The number of aliphatic hydroxyl groups excluding tert-OH is 1. The summed E-state index contributed by atoms with van der Waals surface area (Å²) in [6, 6.07) is 14.9. The molecular formula is C21H26ClN3O3. The van der Waals surface area contributed by atoms with Gasteiger partial charge in [0.25, 0.3) is 5.56 Å². The summed E-state index contributed by atoms with van der Waals surface area (Å²) < 4.78 is 6.80. The van der Waals surface area contributed by atoms with E-state index < -0.39 is 6.10 Å². The molecule has 0 aliphatic heterocycles. The van der Waals surface area contributed by atoms with Crippen LogP contribution in [0.15, 0.2) is 59.7 Å². The number of aryl methyl sites for hydroxylation is 1. The van der Waals surface area contributed by atoms with Gasteiger partial charge in [-0.15, -0.1) is 0 Å². The lowest BCUT2D eigenvalue weighted by Gasteiger charge is -2.18. The fourth-order valence-electron chi connectivity index (χ4n) is 3.14. The molecular weight excluding hydrogens is 378 g/mol. The minimum atomic E-state index is -0.555. The Hall–Kier alpha value is -2.41. The number of methoxy groups -OCH3 is 1. The van der Waals surface area contributed by atoms with Crippen LogP contribution in [0.1, 0.15) is 25.0 Å². The number of benzene rings is 2. The summed E-state index contributed by atoms with van der Waals surface area (Å²) in [5.74, 6) is 0.775. The maximum atomic E-state index is 12.5. The Balaban J connectivity index is 0.00000280. The normalized spacial score (nSPS) is 13.0. The first-order valence-corrected chi connectivity index (χ1v) is 9.19. The van der Waals surface area contributed by atoms with Crippen LogP contribution in [0.25, 0.3) is 10.9 Å². The number of aliphatic hydroxyl groups is 1. The fraction of sp³-hybridized carbons (Fsp3) is 0.333. The van der Waals surface area contributed by atoms with Gasteiger partial charge in [0, 0.05) is 13.0 Å². The van der Waals surface area contributed by atoms with Crippen molar-refractivity contribution < 1.29 is 27.6 Å². The van der Waals surface area contributed by atoms with E-state index in [0.717, 1.165) is 29.8 Å². The van der Waals surface area contributed by atoms with Gasteiger partial charge in [0.1, 0.15) is 17.9 Å². The van der Waals surface area contributed by atoms with Crippen molar-refractivity contribution in [2.24, 2.45) is 0 Å². The van der Waals surface area contributed by atoms with E-state index in [0.29, 0.717) is 11.9 Å². The van der Waals surface area contributed by atoms with E-state index in [1.807, 2.05) is 49.4 Å². The molecule has 2 atom stereocenters. The molecule has 3 aromatic rings. The van der Waals surface area contributed by atoms with Crippen LogP contribution >= 0.6 is 0 Å². The largest absolute Gasteiger partial charge is 1.00 e. The van der Waals surface area contributed by atoms with Crippen LogP contribution in [0.5, 0.6) is 5.75 Å². The van der Waals surface area contributed by atoms with Crippen LogP contribution < -0.4 is 28.0 Å². The number of halogens is 1. The van der Waals surface area contributed by atoms with Crippen molar-refractivity contribution in [2.45, 2.75) is 32.0 Å². The fourth-order valence-corrected chi connectivity index (χ4v) is 3.14. The Morgan fingerprint density at radius 1 is 1.18 bits per heavy atom. The molecule has 2 unspecified atom stereocenters. The second-order valence-corrected chi connectivity index (χ2v) is 6.72. The Kier molecular flexibility index (Phi) is 7.99. The van der Waals surface area contributed by atoms with E-state index in [1.54, 1.807) is 24.1 Å². The van der Waals surface area contributed by atoms with Gasteiger partial charge in [0.05, 0.1) is 30.9 Å². The lowest BCUT2D eigenvalue weighted by Crippen LogP contribution is -3.00. The van der Waals surface area contributed by atoms with Gasteiger partial charge in [-0.2, -0.15) is 0 Å². The third kappa shape index (κ3) is 5.10. The Morgan fingerprint density at radius 2 is 1.89 bits per heavy atom. The molecule has 7 heteroatoms. The predicted molar refractivity (Wildman–Crippen MR) is 105 cm³/mol. The SMILES string of the molecule is COc1ccc(C(O)C(C)[NH2+]CCCn2cnc3ccccc3c2=O)cc1.[Cl-]. The predicted octanol–water partition coefficient (Wildman–Crippen LogP) is -1.52. The van der Waals surface area contributed by atoms with Crippen molar-refractivity contribution in [3.63, 3.8) is 0 Å². The number of aromatic nitrogens is 2. The molecule has 0 radical (unpaired) electrons. The molecule has 1 heterocycles. The highest BCUT2D eigenvalue weighted by Gasteiger charge is 2.19. The van der Waals surface area contributed by atoms with Gasteiger partial charge in [-0.1, -0.05) is 24.3 Å². The third-order valence-corrected chi connectivity index (χ3v) is 4.83. The molecule has 0 bridgehead atoms. The number of nitrogens with two attached hydrogens (primary N) is 1. The molecule has 0 amide bonds. The molecule has 6 nitrogen and oxygen atoms in total. The van der Waals surface area contributed by atoms with Crippen molar-refractivity contribution in [3.8, 4) is 5.75 Å². The number of hydrogen-bond donors (Lipinski definition) is 2. The van der Waals surface area contributed by atoms with E-state index in [-0.39, 0.29) is 24.0 Å². The third-order valence-electron chi connectivity index (χ3n) is 4.83. The summed E-state index contributed by atoms with van der Waals surface area (Å²) in [6.07, 6.45) is 1.88. The standard InChI is InChI=1S/C21H25N3O3.ClH/c1-15(20(25)16-8-10-17(27-2)11-9-16)22-12-5-13-24-14-23-19-7-4-3-6-18(19)21(24)26;/h3-4,6-11,14-15,20,22,25H,5,12-13H2,1-2H3;1H. The number of fused-ring (bicyclic) bond motifs is 1. The topological polar surface area (TPSA) is 81.0 Å². The van der Waals surface area contributed by atoms with Crippen molar-refractivity contribution >= 4 is 10.9 Å². The molecule has 150 valence electrons. The second kappa shape index (κ2) is 10.2. The van der Waals surface area contributed by atoms with E-state index in [2.05, 4.69) is 10.3 Å². The average Bonchev–Trinajstić information content (AvgIpc) is 2.72. The summed E-state index contributed by atoms with van der Waals surface area (Å²) in [4.78, 5) is 16.8. The van der Waals surface area contributed by atoms with Crippen LogP contribution in [-0.4, -0.2) is 34.4 Å². The number of quaternary nitrogens is 1. The first kappa shape index (κ1) is 21.9. The van der Waals surface area contributed by atoms with E-state index in [1.165, 1.54) is 0 Å². The highest BCUT2D eigenvalue weighted by molar-refractivity contribution is 5.76. The van der Waals surface area contributed by atoms with Crippen molar-refractivity contribution in [3.05, 3.63) is 70.8 Å². The minimum absolute atomic E-state index is 0. The average molecular weight is 404 g/mol. The smallest absolute Gasteiger partial charge is 0.261 e. The van der Waals surface area contributed by atoms with Gasteiger partial charge >= 0.3 is 0 Å². The molecule has 3 N–H and O–H groups in total. The zero-order valence-corrected chi connectivity index (χ0v) is 16.8. The molecule has 28 heavy (non-hydrogen) atoms. The Morgan fingerprint density at radius 3 is 2.61 bits per heavy atom. The van der Waals surface area contributed by atoms with Crippen LogP contribution in [0.3, 0.4) is 0 Å². The molecule has 0 spiro atoms. The van der Waals surface area contributed by atoms with E-state index >= 15 is 0 Å². The van der Waals surface area contributed by atoms with Crippen LogP contribution in [0.2, 0.25) is 0 Å². The molecule has 3 rings (SSSR count). The van der Waals surface area contributed by atoms with Gasteiger partial charge in [-0.3, -0.25) is 9.36 Å². The molecule has 0 saturated carbocycles. The van der Waals surface area contributed by atoms with Gasteiger partial charge in [0.15, 0.2) is 0 Å². The van der Waals surface area contributed by atoms with E-state index in [4.69, 9.17) is 4.74 Å². The maximum absolute atomic E-state index is 12.5. The lowest BCUT2D eigenvalue weighted by molar-refractivity contribution is -0.694. The molecule has 0 aliphatic carbocycles. The Labute approximate surface area is 170 Å². The van der Waals surface area contributed by atoms with Gasteiger partial charge in [-0.05, 0) is 36.8 Å². The van der Waals surface area contributed by atoms with Crippen molar-refractivity contribution in [1.29, 1.82) is 0 Å². The molecule has 1 aromatic heterocycles. The van der Waals surface area contributed by atoms with Crippen molar-refractivity contribution in [2.75, 3.05) is 13.7 Å².